The van der Waals surface area contributed by atoms with Crippen molar-refractivity contribution in [3.63, 3.8) is 0 Å². The molecule has 4 rings (SSSR count). The number of hydrogen-bond acceptors (Lipinski definition) is 5. The summed E-state index contributed by atoms with van der Waals surface area (Å²) in [5.41, 5.74) is 6.82. The summed E-state index contributed by atoms with van der Waals surface area (Å²) in [6, 6.07) is 8.26. The van der Waals surface area contributed by atoms with Crippen LogP contribution in [0.2, 0.25) is 5.15 Å². The van der Waals surface area contributed by atoms with Gasteiger partial charge >= 0.3 is 5.97 Å². The summed E-state index contributed by atoms with van der Waals surface area (Å²) in [4.78, 5) is 31.4. The highest BCUT2D eigenvalue weighted by atomic mass is 35.5. The van der Waals surface area contributed by atoms with Gasteiger partial charge in [0.15, 0.2) is 0 Å². The standard InChI is InChI=1S/C20H11ClFN3O4/c21-17-13(10-5-11(20(27)28)8-24-7-10)6-14-15(18(23)26)16(29-19(14)25-17)9-1-3-12(22)4-2-9/h1-8H,(H2,23,26)(H,27,28). The predicted octanol–water partition coefficient (Wildman–Crippen LogP) is 4.15. The van der Waals surface area contributed by atoms with E-state index in [0.717, 1.165) is 0 Å². The zero-order valence-corrected chi connectivity index (χ0v) is 15.3. The van der Waals surface area contributed by atoms with Gasteiger partial charge in [-0.3, -0.25) is 9.78 Å². The Balaban J connectivity index is 1.96. The molecule has 0 saturated carbocycles. The zero-order chi connectivity index (χ0) is 20.7. The SMILES string of the molecule is NC(=O)c1c(-c2ccc(F)cc2)oc2nc(Cl)c(-c3cncc(C(=O)O)c3)cc12. The highest BCUT2D eigenvalue weighted by Crippen LogP contribution is 2.37. The Hall–Kier alpha value is -3.78. The molecule has 1 amide bonds. The summed E-state index contributed by atoms with van der Waals surface area (Å²) >= 11 is 6.27. The van der Waals surface area contributed by atoms with E-state index in [2.05, 4.69) is 9.97 Å². The zero-order valence-electron chi connectivity index (χ0n) is 14.5. The molecule has 0 bridgehead atoms. The van der Waals surface area contributed by atoms with Crippen LogP contribution < -0.4 is 5.73 Å². The number of amides is 1. The highest BCUT2D eigenvalue weighted by molar-refractivity contribution is 6.32. The Labute approximate surface area is 167 Å². The number of pyridine rings is 2. The number of carbonyl (C=O) groups excluding carboxylic acids is 1. The molecule has 9 heteroatoms. The molecule has 0 atom stereocenters. The topological polar surface area (TPSA) is 119 Å². The Morgan fingerprint density at radius 2 is 1.83 bits per heavy atom. The lowest BCUT2D eigenvalue weighted by atomic mass is 10.0. The van der Waals surface area contributed by atoms with Gasteiger partial charge in [0.1, 0.15) is 16.7 Å². The number of carbonyl (C=O) groups is 2. The average Bonchev–Trinajstić information content (AvgIpc) is 3.06. The number of primary amides is 1. The van der Waals surface area contributed by atoms with Crippen molar-refractivity contribution < 1.29 is 23.5 Å². The number of furan rings is 1. The molecule has 144 valence electrons. The maximum Gasteiger partial charge on any atom is 0.337 e. The number of rotatable bonds is 4. The van der Waals surface area contributed by atoms with Crippen molar-refractivity contribution in [2.75, 3.05) is 0 Å². The maximum absolute atomic E-state index is 13.2. The molecule has 0 fully saturated rings. The molecule has 3 aromatic heterocycles. The summed E-state index contributed by atoms with van der Waals surface area (Å²) in [7, 11) is 0. The van der Waals surface area contributed by atoms with Crippen molar-refractivity contribution in [3.8, 4) is 22.5 Å². The highest BCUT2D eigenvalue weighted by Gasteiger charge is 2.23. The number of carboxylic acids is 1. The minimum atomic E-state index is -1.15. The maximum atomic E-state index is 13.2. The second-order valence-electron chi connectivity index (χ2n) is 6.12. The van der Waals surface area contributed by atoms with Gasteiger partial charge < -0.3 is 15.3 Å². The van der Waals surface area contributed by atoms with Gasteiger partial charge in [-0.2, -0.15) is 0 Å². The van der Waals surface area contributed by atoms with Crippen LogP contribution in [0.25, 0.3) is 33.6 Å². The molecule has 0 unspecified atom stereocenters. The average molecular weight is 412 g/mol. The van der Waals surface area contributed by atoms with Crippen molar-refractivity contribution in [1.82, 2.24) is 9.97 Å². The quantitative estimate of drug-likeness (QED) is 0.487. The van der Waals surface area contributed by atoms with Gasteiger partial charge in [-0.25, -0.2) is 14.2 Å². The van der Waals surface area contributed by atoms with E-state index >= 15 is 0 Å². The molecule has 0 aliphatic heterocycles. The van der Waals surface area contributed by atoms with Crippen LogP contribution in [-0.2, 0) is 0 Å². The van der Waals surface area contributed by atoms with Gasteiger partial charge in [0, 0.05) is 29.1 Å². The summed E-state index contributed by atoms with van der Waals surface area (Å²) in [5.74, 6) is -2.23. The summed E-state index contributed by atoms with van der Waals surface area (Å²) in [5, 5.41) is 9.49. The summed E-state index contributed by atoms with van der Waals surface area (Å²) < 4.78 is 18.9. The minimum Gasteiger partial charge on any atom is -0.478 e. The van der Waals surface area contributed by atoms with Crippen molar-refractivity contribution >= 4 is 34.6 Å². The van der Waals surface area contributed by atoms with Crippen LogP contribution in [0.3, 0.4) is 0 Å². The Bertz CT molecular complexity index is 1290. The number of halogens is 2. The van der Waals surface area contributed by atoms with Crippen molar-refractivity contribution in [1.29, 1.82) is 0 Å². The third-order valence-corrected chi connectivity index (χ3v) is 4.57. The van der Waals surface area contributed by atoms with E-state index in [4.69, 9.17) is 21.8 Å². The van der Waals surface area contributed by atoms with Crippen molar-refractivity contribution in [2.24, 2.45) is 5.73 Å². The lowest BCUT2D eigenvalue weighted by Crippen LogP contribution is -2.11. The van der Waals surface area contributed by atoms with Crippen LogP contribution in [0.5, 0.6) is 0 Å². The second kappa shape index (κ2) is 6.99. The lowest BCUT2D eigenvalue weighted by Gasteiger charge is -2.05. The number of aromatic nitrogens is 2. The van der Waals surface area contributed by atoms with Crippen LogP contribution >= 0.6 is 11.6 Å². The number of nitrogens with zero attached hydrogens (tertiary/aromatic N) is 2. The van der Waals surface area contributed by atoms with Crippen molar-refractivity contribution in [3.05, 3.63) is 70.9 Å². The molecule has 4 aromatic rings. The van der Waals surface area contributed by atoms with E-state index in [0.29, 0.717) is 16.7 Å². The molecule has 0 aliphatic carbocycles. The Morgan fingerprint density at radius 3 is 2.48 bits per heavy atom. The molecule has 0 spiro atoms. The molecule has 0 radical (unpaired) electrons. The molecule has 0 saturated heterocycles. The van der Waals surface area contributed by atoms with Gasteiger partial charge in [0.05, 0.1) is 16.5 Å². The normalized spacial score (nSPS) is 11.0. The molecule has 0 aliphatic rings. The van der Waals surface area contributed by atoms with Gasteiger partial charge in [0.25, 0.3) is 5.91 Å². The van der Waals surface area contributed by atoms with Gasteiger partial charge in [-0.05, 0) is 36.4 Å². The molecule has 29 heavy (non-hydrogen) atoms. The Morgan fingerprint density at radius 1 is 1.10 bits per heavy atom. The van der Waals surface area contributed by atoms with E-state index in [1.807, 2.05) is 0 Å². The first kappa shape index (κ1) is 18.6. The first-order valence-electron chi connectivity index (χ1n) is 8.22. The predicted molar refractivity (Wildman–Crippen MR) is 103 cm³/mol. The van der Waals surface area contributed by atoms with Crippen LogP contribution in [0, 0.1) is 5.82 Å². The lowest BCUT2D eigenvalue weighted by molar-refractivity contribution is 0.0696. The summed E-state index contributed by atoms with van der Waals surface area (Å²) in [6.45, 7) is 0. The van der Waals surface area contributed by atoms with Gasteiger partial charge in [-0.15, -0.1) is 0 Å². The Kier molecular flexibility index (Phi) is 4.48. The van der Waals surface area contributed by atoms with Gasteiger partial charge in [-0.1, -0.05) is 11.6 Å². The number of hydrogen-bond donors (Lipinski definition) is 2. The van der Waals surface area contributed by atoms with Crippen LogP contribution in [0.4, 0.5) is 4.39 Å². The number of fused-ring (bicyclic) bond motifs is 1. The molecule has 7 nitrogen and oxygen atoms in total. The third kappa shape index (κ3) is 3.30. The van der Waals surface area contributed by atoms with E-state index < -0.39 is 17.7 Å². The van der Waals surface area contributed by atoms with E-state index in [1.54, 1.807) is 0 Å². The smallest absolute Gasteiger partial charge is 0.337 e. The van der Waals surface area contributed by atoms with E-state index in [1.165, 1.54) is 48.8 Å². The number of aromatic carboxylic acids is 1. The monoisotopic (exact) mass is 411 g/mol. The van der Waals surface area contributed by atoms with Crippen LogP contribution in [-0.4, -0.2) is 27.0 Å². The number of benzene rings is 1. The van der Waals surface area contributed by atoms with Gasteiger partial charge in [0.2, 0.25) is 5.71 Å². The number of nitrogens with two attached hydrogens (primary N) is 1. The largest absolute Gasteiger partial charge is 0.478 e. The minimum absolute atomic E-state index is 0.0252. The fourth-order valence-corrected chi connectivity index (χ4v) is 3.20. The van der Waals surface area contributed by atoms with E-state index in [-0.39, 0.29) is 33.1 Å². The fraction of sp³-hybridized carbons (Fsp3) is 0. The third-order valence-electron chi connectivity index (χ3n) is 4.29. The first-order chi connectivity index (χ1) is 13.8. The molecule has 3 N–H and O–H groups in total. The van der Waals surface area contributed by atoms with Crippen molar-refractivity contribution in [2.45, 2.75) is 0 Å². The summed E-state index contributed by atoms with van der Waals surface area (Å²) in [6.07, 6.45) is 2.62. The van der Waals surface area contributed by atoms with Crippen LogP contribution in [0.15, 0.2) is 53.2 Å². The first-order valence-corrected chi connectivity index (χ1v) is 8.60. The fourth-order valence-electron chi connectivity index (χ4n) is 2.96. The molecular formula is C20H11ClFN3O4. The van der Waals surface area contributed by atoms with E-state index in [9.17, 15) is 19.1 Å². The number of carboxylic acid groups (broad SMARTS) is 1. The van der Waals surface area contributed by atoms with Crippen LogP contribution in [0.1, 0.15) is 20.7 Å². The molecular weight excluding hydrogens is 401 g/mol. The molecule has 1 aromatic carbocycles. The second-order valence-corrected chi connectivity index (χ2v) is 6.48. The molecule has 3 heterocycles.